The van der Waals surface area contributed by atoms with Gasteiger partial charge >= 0.3 is 0 Å². The molecule has 0 heterocycles. The number of ketones is 4. The maximum Gasteiger partial charge on any atom is 0.235 e. The van der Waals surface area contributed by atoms with Crippen molar-refractivity contribution >= 4 is 53.0 Å². The van der Waals surface area contributed by atoms with E-state index in [9.17, 15) is 39.3 Å². The van der Waals surface area contributed by atoms with Gasteiger partial charge in [-0.3, -0.25) is 28.9 Å². The minimum absolute atomic E-state index is 0. The van der Waals surface area contributed by atoms with Crippen molar-refractivity contribution in [1.29, 1.82) is 0 Å². The van der Waals surface area contributed by atoms with Gasteiger partial charge in [-0.2, -0.15) is 0 Å². The number of carbonyl (C=O) groups is 5. The molecule has 1 aromatic carbocycles. The molecule has 1 amide bonds. The van der Waals surface area contributed by atoms with Crippen LogP contribution in [0.25, 0.3) is 0 Å². The summed E-state index contributed by atoms with van der Waals surface area (Å²) in [5.41, 5.74) is 0.0293. The molecular weight excluding hydrogens is 491 g/mol. The van der Waals surface area contributed by atoms with Crippen molar-refractivity contribution in [2.75, 3.05) is 14.1 Å². The van der Waals surface area contributed by atoms with Gasteiger partial charge in [-0.05, 0) is 39.6 Å². The Morgan fingerprint density at radius 1 is 1.12 bits per heavy atom. The van der Waals surface area contributed by atoms with Gasteiger partial charge in [0.2, 0.25) is 5.91 Å². The quantitative estimate of drug-likeness (QED) is 0.382. The SMILES string of the molecule is CN(C)[C@@H]1C(=O)C(C(N)=O)C(=O)[C@@]2(O)C(=O)C3C(=O)c4c(O)ccc(Cl)c4[C@@](C)(O)C3C[C@@H]12.Cl. The van der Waals surface area contributed by atoms with Crippen molar-refractivity contribution < 1.29 is 39.3 Å². The lowest BCUT2D eigenvalue weighted by Crippen LogP contribution is -2.75. The number of primary amides is 1. The van der Waals surface area contributed by atoms with Crippen LogP contribution in [0.3, 0.4) is 0 Å². The largest absolute Gasteiger partial charge is 0.507 e. The van der Waals surface area contributed by atoms with Crippen LogP contribution < -0.4 is 5.73 Å². The molecule has 7 atom stereocenters. The van der Waals surface area contributed by atoms with Gasteiger partial charge in [0.15, 0.2) is 34.7 Å². The highest BCUT2D eigenvalue weighted by Gasteiger charge is 2.71. The van der Waals surface area contributed by atoms with E-state index in [0.29, 0.717) is 0 Å². The number of amides is 1. The van der Waals surface area contributed by atoms with E-state index in [1.807, 2.05) is 0 Å². The molecule has 4 rings (SSSR count). The fraction of sp³-hybridized carbons (Fsp3) is 0.500. The maximum atomic E-state index is 13.7. The van der Waals surface area contributed by atoms with Gasteiger partial charge in [0.25, 0.3) is 0 Å². The number of nitrogens with two attached hydrogens (primary N) is 1. The van der Waals surface area contributed by atoms with Gasteiger partial charge in [0.1, 0.15) is 5.75 Å². The molecule has 12 heteroatoms. The first-order chi connectivity index (χ1) is 15.2. The lowest BCUT2D eigenvalue weighted by molar-refractivity contribution is -0.188. The first-order valence-corrected chi connectivity index (χ1v) is 10.7. The lowest BCUT2D eigenvalue weighted by Gasteiger charge is -2.55. The van der Waals surface area contributed by atoms with E-state index in [0.717, 1.165) is 6.07 Å². The van der Waals surface area contributed by atoms with Crippen molar-refractivity contribution in [3.8, 4) is 5.75 Å². The van der Waals surface area contributed by atoms with E-state index in [1.165, 1.54) is 32.0 Å². The second-order valence-corrected chi connectivity index (χ2v) is 9.80. The molecule has 0 aromatic heterocycles. The minimum atomic E-state index is -2.86. The number of fused-ring (bicyclic) bond motifs is 3. The van der Waals surface area contributed by atoms with Crippen LogP contribution in [0.2, 0.25) is 5.02 Å². The highest BCUT2D eigenvalue weighted by molar-refractivity contribution is 6.34. The number of phenolic OH excluding ortho intramolecular Hbond substituents is 1. The molecule has 3 aliphatic carbocycles. The summed E-state index contributed by atoms with van der Waals surface area (Å²) in [6, 6.07) is 1.17. The summed E-state index contributed by atoms with van der Waals surface area (Å²) in [6.45, 7) is 1.32. The molecule has 3 unspecified atom stereocenters. The van der Waals surface area contributed by atoms with Crippen LogP contribution in [0.5, 0.6) is 5.75 Å². The average molecular weight is 515 g/mol. The van der Waals surface area contributed by atoms with Crippen LogP contribution in [-0.2, 0) is 24.8 Å². The summed E-state index contributed by atoms with van der Waals surface area (Å²) in [6.07, 6.45) is -0.289. The molecule has 0 bridgehead atoms. The van der Waals surface area contributed by atoms with Crippen molar-refractivity contribution in [2.24, 2.45) is 29.4 Å². The van der Waals surface area contributed by atoms with Crippen molar-refractivity contribution in [2.45, 2.75) is 30.6 Å². The van der Waals surface area contributed by atoms with Crippen LogP contribution in [0.1, 0.15) is 29.3 Å². The molecule has 0 aliphatic heterocycles. The molecular formula is C22H24Cl2N2O8. The molecule has 2 fully saturated rings. The molecule has 5 N–H and O–H groups in total. The number of hydrogen-bond donors (Lipinski definition) is 4. The molecule has 0 spiro atoms. The van der Waals surface area contributed by atoms with Gasteiger partial charge in [0.05, 0.1) is 23.1 Å². The van der Waals surface area contributed by atoms with Crippen LogP contribution >= 0.6 is 24.0 Å². The summed E-state index contributed by atoms with van der Waals surface area (Å²) in [5.74, 6) is -12.5. The third kappa shape index (κ3) is 3.09. The van der Waals surface area contributed by atoms with Crippen LogP contribution in [0.4, 0.5) is 0 Å². The molecule has 2 saturated carbocycles. The number of hydrogen-bond acceptors (Lipinski definition) is 9. The summed E-state index contributed by atoms with van der Waals surface area (Å²) in [5, 5.41) is 33.3. The van der Waals surface area contributed by atoms with Crippen molar-refractivity contribution in [1.82, 2.24) is 4.90 Å². The number of likely N-dealkylation sites (N-methyl/N-ethyl adjacent to an activating group) is 1. The van der Waals surface area contributed by atoms with Gasteiger partial charge < -0.3 is 21.1 Å². The first kappa shape index (κ1) is 26.2. The maximum absolute atomic E-state index is 13.7. The molecule has 34 heavy (non-hydrogen) atoms. The van der Waals surface area contributed by atoms with E-state index in [4.69, 9.17) is 17.3 Å². The molecule has 0 radical (unpaired) electrons. The van der Waals surface area contributed by atoms with Gasteiger partial charge in [-0.25, -0.2) is 0 Å². The zero-order chi connectivity index (χ0) is 24.8. The first-order valence-electron chi connectivity index (χ1n) is 10.3. The molecule has 1 aromatic rings. The molecule has 0 saturated heterocycles. The number of halogens is 2. The fourth-order valence-corrected chi connectivity index (χ4v) is 6.30. The van der Waals surface area contributed by atoms with Crippen molar-refractivity contribution in [3.63, 3.8) is 0 Å². The monoisotopic (exact) mass is 514 g/mol. The fourth-order valence-electron chi connectivity index (χ4n) is 5.95. The predicted molar refractivity (Wildman–Crippen MR) is 119 cm³/mol. The number of aromatic hydroxyl groups is 1. The number of carbonyl (C=O) groups excluding carboxylic acids is 5. The normalized spacial score (nSPS) is 37.0. The summed E-state index contributed by atoms with van der Waals surface area (Å²) in [7, 11) is 2.95. The van der Waals surface area contributed by atoms with E-state index < -0.39 is 75.7 Å². The Kier molecular flexibility index (Phi) is 6.25. The molecule has 3 aliphatic rings. The Labute approximate surface area is 205 Å². The van der Waals surface area contributed by atoms with Crippen LogP contribution in [0.15, 0.2) is 12.1 Å². The Hall–Kier alpha value is -2.37. The number of aliphatic hydroxyl groups is 2. The van der Waals surface area contributed by atoms with Gasteiger partial charge in [-0.15, -0.1) is 12.4 Å². The van der Waals surface area contributed by atoms with Gasteiger partial charge in [-0.1, -0.05) is 11.6 Å². The number of rotatable bonds is 2. The van der Waals surface area contributed by atoms with E-state index in [-0.39, 0.29) is 35.0 Å². The number of nitrogens with zero attached hydrogens (tertiary/aromatic N) is 1. The number of phenols is 1. The second kappa shape index (κ2) is 8.10. The van der Waals surface area contributed by atoms with Gasteiger partial charge in [0, 0.05) is 22.4 Å². The van der Waals surface area contributed by atoms with Crippen molar-refractivity contribution in [3.05, 3.63) is 28.3 Å². The van der Waals surface area contributed by atoms with Crippen LogP contribution in [0, 0.1) is 23.7 Å². The predicted octanol–water partition coefficient (Wildman–Crippen LogP) is -0.393. The Morgan fingerprint density at radius 2 is 1.71 bits per heavy atom. The standard InChI is InChI=1S/C22H23ClN2O8.ClH/c1-21(32)7-6-8-15(25(2)3)17(28)13(20(24)31)19(30)22(8,33)18(29)11(7)16(27)12-10(26)5-4-9(23)14(12)21;/h4-5,7-8,11,13,15,26,32-33H,6H2,1-3H3,(H2,24,31);1H/t7?,8-,11?,13?,15-,21-,22-;/m0./s1. The van der Waals surface area contributed by atoms with Crippen LogP contribution in [-0.4, -0.2) is 75.0 Å². The molecule has 10 nitrogen and oxygen atoms in total. The summed E-state index contributed by atoms with van der Waals surface area (Å²) in [4.78, 5) is 66.6. The smallest absolute Gasteiger partial charge is 0.235 e. The average Bonchev–Trinajstić information content (AvgIpc) is 2.69. The van der Waals surface area contributed by atoms with E-state index in [1.54, 1.807) is 0 Å². The zero-order valence-corrected chi connectivity index (χ0v) is 20.0. The molecule has 184 valence electrons. The Balaban J connectivity index is 0.00000324. The third-order valence-corrected chi connectivity index (χ3v) is 7.75. The third-order valence-electron chi connectivity index (χ3n) is 7.43. The van der Waals surface area contributed by atoms with E-state index >= 15 is 0 Å². The summed E-state index contributed by atoms with van der Waals surface area (Å²) >= 11 is 6.25. The topological polar surface area (TPSA) is 175 Å². The Bertz CT molecular complexity index is 1150. The number of Topliss-reactive ketones (excluding diaryl/α,β-unsaturated/α-hetero) is 4. The zero-order valence-electron chi connectivity index (χ0n) is 18.4. The Morgan fingerprint density at radius 3 is 2.24 bits per heavy atom. The highest BCUT2D eigenvalue weighted by atomic mass is 35.5. The lowest BCUT2D eigenvalue weighted by atomic mass is 9.49. The minimum Gasteiger partial charge on any atom is -0.507 e. The number of benzene rings is 1. The second-order valence-electron chi connectivity index (χ2n) is 9.40. The summed E-state index contributed by atoms with van der Waals surface area (Å²) < 4.78 is 0. The highest BCUT2D eigenvalue weighted by Crippen LogP contribution is 2.56. The van der Waals surface area contributed by atoms with E-state index in [2.05, 4.69) is 0 Å².